The molecule has 96 valence electrons. The second-order valence-electron chi connectivity index (χ2n) is 7.30. The zero-order chi connectivity index (χ0) is 12.2. The molecule has 0 spiro atoms. The van der Waals surface area contributed by atoms with Gasteiger partial charge in [-0.3, -0.25) is 0 Å². The van der Waals surface area contributed by atoms with Crippen LogP contribution in [0.3, 0.4) is 0 Å². The Bertz CT molecular complexity index is 187. The van der Waals surface area contributed by atoms with Gasteiger partial charge in [-0.15, -0.1) is 0 Å². The Kier molecular flexibility index (Phi) is 5.34. The van der Waals surface area contributed by atoms with Crippen LogP contribution in [0.2, 0.25) is 0 Å². The van der Waals surface area contributed by atoms with Gasteiger partial charge < -0.3 is 0 Å². The van der Waals surface area contributed by atoms with E-state index in [4.69, 9.17) is 0 Å². The summed E-state index contributed by atoms with van der Waals surface area (Å²) in [4.78, 5) is 0. The van der Waals surface area contributed by atoms with E-state index in [1.807, 2.05) is 0 Å². The van der Waals surface area contributed by atoms with E-state index < -0.39 is 0 Å². The van der Waals surface area contributed by atoms with E-state index in [1.54, 1.807) is 0 Å². The third-order valence-corrected chi connectivity index (χ3v) is 4.25. The Hall–Kier alpha value is 0. The number of hydrogen-bond acceptors (Lipinski definition) is 0. The molecule has 0 aliphatic heterocycles. The van der Waals surface area contributed by atoms with Crippen LogP contribution in [0.4, 0.5) is 0 Å². The standard InChI is InChI=1S/C16H32/c1-6-14-12-15(14)10-9-13(2)8-7-11-16(3,4)5/h13-15H,6-12H2,1-5H3/t13-,14?,15?/m0/s1. The lowest BCUT2D eigenvalue weighted by Crippen LogP contribution is -2.06. The minimum absolute atomic E-state index is 0.531. The maximum Gasteiger partial charge on any atom is -0.0383 e. The smallest absolute Gasteiger partial charge is 0.0383 e. The van der Waals surface area contributed by atoms with Crippen LogP contribution in [0, 0.1) is 23.2 Å². The number of hydrogen-bond donors (Lipinski definition) is 0. The summed E-state index contributed by atoms with van der Waals surface area (Å²) < 4.78 is 0. The fourth-order valence-corrected chi connectivity index (χ4v) is 2.79. The van der Waals surface area contributed by atoms with Crippen LogP contribution < -0.4 is 0 Å². The summed E-state index contributed by atoms with van der Waals surface area (Å²) in [5.74, 6) is 3.16. The normalized spacial score (nSPS) is 26.8. The van der Waals surface area contributed by atoms with Crippen molar-refractivity contribution in [3.8, 4) is 0 Å². The van der Waals surface area contributed by atoms with E-state index in [1.165, 1.54) is 44.9 Å². The van der Waals surface area contributed by atoms with Gasteiger partial charge in [0.2, 0.25) is 0 Å². The van der Waals surface area contributed by atoms with Crippen LogP contribution in [-0.2, 0) is 0 Å². The van der Waals surface area contributed by atoms with Crippen LogP contribution in [0.15, 0.2) is 0 Å². The third-order valence-electron chi connectivity index (χ3n) is 4.25. The first kappa shape index (κ1) is 14.1. The summed E-state index contributed by atoms with van der Waals surface area (Å²) >= 11 is 0. The van der Waals surface area contributed by atoms with Crippen molar-refractivity contribution in [2.24, 2.45) is 23.2 Å². The van der Waals surface area contributed by atoms with Gasteiger partial charge in [0.1, 0.15) is 0 Å². The fraction of sp³-hybridized carbons (Fsp3) is 1.00. The predicted octanol–water partition coefficient (Wildman–Crippen LogP) is 5.67. The first-order chi connectivity index (χ1) is 7.42. The molecule has 0 aromatic rings. The highest BCUT2D eigenvalue weighted by atomic mass is 14.4. The van der Waals surface area contributed by atoms with Gasteiger partial charge >= 0.3 is 0 Å². The van der Waals surface area contributed by atoms with Gasteiger partial charge in [-0.2, -0.15) is 0 Å². The minimum atomic E-state index is 0.531. The highest BCUT2D eigenvalue weighted by Gasteiger charge is 2.34. The maximum absolute atomic E-state index is 2.45. The Morgan fingerprint density at radius 1 is 1.12 bits per heavy atom. The molecule has 1 aliphatic rings. The highest BCUT2D eigenvalue weighted by molar-refractivity contribution is 4.85. The quantitative estimate of drug-likeness (QED) is 0.523. The van der Waals surface area contributed by atoms with E-state index in [-0.39, 0.29) is 0 Å². The molecule has 0 saturated heterocycles. The van der Waals surface area contributed by atoms with E-state index in [2.05, 4.69) is 34.6 Å². The summed E-state index contributed by atoms with van der Waals surface area (Å²) in [5.41, 5.74) is 0.531. The van der Waals surface area contributed by atoms with Gasteiger partial charge in [0.15, 0.2) is 0 Å². The molecule has 0 nitrogen and oxygen atoms in total. The van der Waals surface area contributed by atoms with E-state index in [0.717, 1.165) is 17.8 Å². The fourth-order valence-electron chi connectivity index (χ4n) is 2.79. The van der Waals surface area contributed by atoms with Crippen molar-refractivity contribution in [2.45, 2.75) is 79.6 Å². The minimum Gasteiger partial charge on any atom is -0.0651 e. The Balaban J connectivity index is 1.97. The molecule has 0 heterocycles. The monoisotopic (exact) mass is 224 g/mol. The van der Waals surface area contributed by atoms with Crippen LogP contribution in [-0.4, -0.2) is 0 Å². The first-order valence-corrected chi connectivity index (χ1v) is 7.42. The summed E-state index contributed by atoms with van der Waals surface area (Å²) in [6.45, 7) is 11.9. The van der Waals surface area contributed by atoms with Crippen molar-refractivity contribution in [1.82, 2.24) is 0 Å². The van der Waals surface area contributed by atoms with Gasteiger partial charge in [0, 0.05) is 0 Å². The molecular weight excluding hydrogens is 192 g/mol. The lowest BCUT2D eigenvalue weighted by Gasteiger charge is -2.19. The lowest BCUT2D eigenvalue weighted by atomic mass is 9.87. The molecule has 0 heteroatoms. The molecule has 0 aromatic heterocycles. The molecule has 0 bridgehead atoms. The zero-order valence-corrected chi connectivity index (χ0v) is 12.2. The largest absolute Gasteiger partial charge is 0.0651 e. The summed E-state index contributed by atoms with van der Waals surface area (Å²) in [7, 11) is 0. The number of rotatable bonds is 7. The highest BCUT2D eigenvalue weighted by Crippen LogP contribution is 2.45. The average molecular weight is 224 g/mol. The molecular formula is C16H32. The van der Waals surface area contributed by atoms with Gasteiger partial charge in [-0.05, 0) is 42.4 Å². The molecule has 1 rings (SSSR count). The zero-order valence-electron chi connectivity index (χ0n) is 12.2. The van der Waals surface area contributed by atoms with Crippen LogP contribution in [0.1, 0.15) is 79.6 Å². The topological polar surface area (TPSA) is 0 Å². The van der Waals surface area contributed by atoms with Crippen LogP contribution in [0.5, 0.6) is 0 Å². The van der Waals surface area contributed by atoms with Crippen LogP contribution >= 0.6 is 0 Å². The molecule has 3 atom stereocenters. The van der Waals surface area contributed by atoms with Crippen molar-refractivity contribution in [2.75, 3.05) is 0 Å². The van der Waals surface area contributed by atoms with E-state index in [0.29, 0.717) is 5.41 Å². The predicted molar refractivity (Wildman–Crippen MR) is 73.6 cm³/mol. The van der Waals surface area contributed by atoms with Crippen molar-refractivity contribution < 1.29 is 0 Å². The molecule has 0 radical (unpaired) electrons. The van der Waals surface area contributed by atoms with Crippen molar-refractivity contribution in [3.63, 3.8) is 0 Å². The van der Waals surface area contributed by atoms with Crippen LogP contribution in [0.25, 0.3) is 0 Å². The molecule has 1 fully saturated rings. The molecule has 2 unspecified atom stereocenters. The Morgan fingerprint density at radius 2 is 1.81 bits per heavy atom. The average Bonchev–Trinajstić information content (AvgIpc) is 2.91. The van der Waals surface area contributed by atoms with Gasteiger partial charge in [0.25, 0.3) is 0 Å². The summed E-state index contributed by atoms with van der Waals surface area (Å²) in [6, 6.07) is 0. The molecule has 0 aromatic carbocycles. The van der Waals surface area contributed by atoms with E-state index >= 15 is 0 Å². The summed E-state index contributed by atoms with van der Waals surface area (Å²) in [6.07, 6.45) is 10.2. The molecule has 1 aliphatic carbocycles. The Morgan fingerprint density at radius 3 is 2.31 bits per heavy atom. The molecule has 0 N–H and O–H groups in total. The van der Waals surface area contributed by atoms with Gasteiger partial charge in [0.05, 0.1) is 0 Å². The second-order valence-corrected chi connectivity index (χ2v) is 7.30. The van der Waals surface area contributed by atoms with Crippen molar-refractivity contribution in [1.29, 1.82) is 0 Å². The van der Waals surface area contributed by atoms with Gasteiger partial charge in [-0.1, -0.05) is 60.3 Å². The Labute approximate surface area is 103 Å². The first-order valence-electron chi connectivity index (χ1n) is 7.42. The van der Waals surface area contributed by atoms with Gasteiger partial charge in [-0.25, -0.2) is 0 Å². The second kappa shape index (κ2) is 6.07. The maximum atomic E-state index is 2.45. The third kappa shape index (κ3) is 5.92. The molecule has 16 heavy (non-hydrogen) atoms. The van der Waals surface area contributed by atoms with Crippen molar-refractivity contribution >= 4 is 0 Å². The lowest BCUT2D eigenvalue weighted by molar-refractivity contribution is 0.334. The van der Waals surface area contributed by atoms with E-state index in [9.17, 15) is 0 Å². The molecule has 0 amide bonds. The van der Waals surface area contributed by atoms with Crippen molar-refractivity contribution in [3.05, 3.63) is 0 Å². The SMILES string of the molecule is CCC1CC1CC[C@@H](C)CCCC(C)(C)C. The summed E-state index contributed by atoms with van der Waals surface area (Å²) in [5, 5.41) is 0. The molecule has 1 saturated carbocycles.